The molecule has 10 nitrogen and oxygen atoms in total. The summed E-state index contributed by atoms with van der Waals surface area (Å²) in [6.45, 7) is 8.49. The molecule has 0 bridgehead atoms. The molecule has 3 heterocycles. The Kier molecular flexibility index (Phi) is 8.33. The normalized spacial score (nSPS) is 14.2. The first-order valence-corrected chi connectivity index (χ1v) is 15.4. The zero-order valence-corrected chi connectivity index (χ0v) is 24.0. The lowest BCUT2D eigenvalue weighted by molar-refractivity contribution is 0.0819. The zero-order valence-electron chi connectivity index (χ0n) is 23.1. The first-order chi connectivity index (χ1) is 19.0. The van der Waals surface area contributed by atoms with Crippen molar-refractivity contribution in [3.05, 3.63) is 48.5 Å². The number of aryl methyl sites for hydroxylation is 1. The predicted octanol–water partition coefficient (Wildman–Crippen LogP) is 4.86. The maximum absolute atomic E-state index is 5.79. The van der Waals surface area contributed by atoms with Crippen LogP contribution in [-0.2, 0) is 11.2 Å². The third kappa shape index (κ3) is 5.87. The highest BCUT2D eigenvalue weighted by molar-refractivity contribution is 7.65. The Labute approximate surface area is 230 Å². The monoisotopic (exact) mass is 546 g/mol. The molecule has 0 unspecified atom stereocenters. The second-order valence-corrected chi connectivity index (χ2v) is 11.9. The van der Waals surface area contributed by atoms with Gasteiger partial charge in [-0.1, -0.05) is 14.8 Å². The summed E-state index contributed by atoms with van der Waals surface area (Å²) in [6, 6.07) is 8.22. The maximum Gasteiger partial charge on any atom is 0.232 e. The molecule has 0 radical (unpaired) electrons. The summed E-state index contributed by atoms with van der Waals surface area (Å²) in [5, 5.41) is 7.87. The highest BCUT2D eigenvalue weighted by Gasteiger charge is 2.22. The number of methoxy groups -OCH3 is 2. The van der Waals surface area contributed by atoms with Gasteiger partial charge < -0.3 is 25.0 Å². The summed E-state index contributed by atoms with van der Waals surface area (Å²) >= 11 is 0. The van der Waals surface area contributed by atoms with Crippen molar-refractivity contribution >= 4 is 53.2 Å². The fourth-order valence-electron chi connectivity index (χ4n) is 5.02. The van der Waals surface area contributed by atoms with E-state index in [0.717, 1.165) is 65.8 Å². The van der Waals surface area contributed by atoms with Crippen LogP contribution in [0.25, 0.3) is 11.0 Å². The van der Waals surface area contributed by atoms with Crippen LogP contribution in [0, 0.1) is 0 Å². The van der Waals surface area contributed by atoms with Crippen molar-refractivity contribution in [3.63, 3.8) is 0 Å². The van der Waals surface area contributed by atoms with E-state index in [1.54, 1.807) is 26.6 Å². The van der Waals surface area contributed by atoms with Crippen LogP contribution in [0.3, 0.4) is 0 Å². The molecule has 39 heavy (non-hydrogen) atoms. The minimum atomic E-state index is -0.464. The van der Waals surface area contributed by atoms with E-state index < -0.39 is 7.92 Å². The number of nitrogens with zero attached hydrogens (tertiary/aromatic N) is 6. The Balaban J connectivity index is 1.40. The molecule has 1 saturated heterocycles. The predicted molar refractivity (Wildman–Crippen MR) is 159 cm³/mol. The molecule has 4 aromatic rings. The molecule has 1 fully saturated rings. The van der Waals surface area contributed by atoms with E-state index >= 15 is 0 Å². The second kappa shape index (κ2) is 12.1. The summed E-state index contributed by atoms with van der Waals surface area (Å²) in [4.78, 5) is 24.9. The van der Waals surface area contributed by atoms with Crippen LogP contribution in [0.15, 0.2) is 43.0 Å². The minimum absolute atomic E-state index is 0.334. The molecule has 1 aliphatic heterocycles. The quantitative estimate of drug-likeness (QED) is 0.283. The molecule has 0 aliphatic carbocycles. The highest BCUT2D eigenvalue weighted by atomic mass is 31.1. The van der Waals surface area contributed by atoms with Gasteiger partial charge in [0.05, 0.1) is 35.6 Å². The van der Waals surface area contributed by atoms with Crippen LogP contribution >= 0.6 is 7.92 Å². The SMILES string of the molecule is CCc1cc(Nc2ncnc(Nc3ccc4nccnc4c3P(C)C)n2)c(OC)cc1N1CCC(OC)CC1. The van der Waals surface area contributed by atoms with Gasteiger partial charge in [0, 0.05) is 49.7 Å². The molecule has 0 saturated carbocycles. The van der Waals surface area contributed by atoms with Crippen molar-refractivity contribution in [2.24, 2.45) is 0 Å². The lowest BCUT2D eigenvalue weighted by Crippen LogP contribution is -2.37. The maximum atomic E-state index is 5.79. The third-order valence-corrected chi connectivity index (χ3v) is 8.37. The van der Waals surface area contributed by atoms with Crippen LogP contribution in [0.2, 0.25) is 0 Å². The van der Waals surface area contributed by atoms with Crippen LogP contribution in [0.4, 0.5) is 29.0 Å². The van der Waals surface area contributed by atoms with Crippen molar-refractivity contribution in [2.45, 2.75) is 32.3 Å². The molecule has 5 rings (SSSR count). The molecular formula is C28H35N8O2P. The Bertz CT molecular complexity index is 1440. The summed E-state index contributed by atoms with van der Waals surface area (Å²) in [7, 11) is 3.02. The van der Waals surface area contributed by atoms with Crippen molar-refractivity contribution < 1.29 is 9.47 Å². The number of anilines is 5. The molecule has 11 heteroatoms. The van der Waals surface area contributed by atoms with Crippen molar-refractivity contribution in [1.29, 1.82) is 0 Å². The molecule has 2 aromatic heterocycles. The fraction of sp³-hybridized carbons (Fsp3) is 0.393. The van der Waals surface area contributed by atoms with E-state index in [1.165, 1.54) is 17.6 Å². The number of aromatic nitrogens is 5. The van der Waals surface area contributed by atoms with E-state index in [1.807, 2.05) is 12.1 Å². The van der Waals surface area contributed by atoms with E-state index in [-0.39, 0.29) is 0 Å². The smallest absolute Gasteiger partial charge is 0.232 e. The number of piperidine rings is 1. The Morgan fingerprint density at radius 2 is 1.67 bits per heavy atom. The fourth-order valence-corrected chi connectivity index (χ4v) is 6.23. The molecule has 204 valence electrons. The summed E-state index contributed by atoms with van der Waals surface area (Å²) in [6.07, 6.45) is 8.21. The van der Waals surface area contributed by atoms with Crippen LogP contribution < -0.4 is 25.6 Å². The van der Waals surface area contributed by atoms with Crippen molar-refractivity contribution in [3.8, 4) is 5.75 Å². The first kappa shape index (κ1) is 27.0. The van der Waals surface area contributed by atoms with Gasteiger partial charge in [0.15, 0.2) is 0 Å². The van der Waals surface area contributed by atoms with Gasteiger partial charge in [0.1, 0.15) is 12.1 Å². The van der Waals surface area contributed by atoms with Gasteiger partial charge in [-0.2, -0.15) is 4.98 Å². The number of fused-ring (bicyclic) bond motifs is 1. The lowest BCUT2D eigenvalue weighted by Gasteiger charge is -2.34. The van der Waals surface area contributed by atoms with E-state index in [0.29, 0.717) is 18.0 Å². The van der Waals surface area contributed by atoms with Gasteiger partial charge in [-0.3, -0.25) is 9.97 Å². The van der Waals surface area contributed by atoms with Gasteiger partial charge in [-0.05, 0) is 56.4 Å². The topological polar surface area (TPSA) is 110 Å². The Morgan fingerprint density at radius 3 is 2.33 bits per heavy atom. The van der Waals surface area contributed by atoms with Crippen LogP contribution in [0.5, 0.6) is 5.75 Å². The Hall–Kier alpha value is -3.62. The van der Waals surface area contributed by atoms with E-state index in [4.69, 9.17) is 9.47 Å². The number of rotatable bonds is 9. The average molecular weight is 547 g/mol. The first-order valence-electron chi connectivity index (χ1n) is 13.1. The molecular weight excluding hydrogens is 511 g/mol. The number of hydrogen-bond donors (Lipinski definition) is 2. The number of nitrogens with one attached hydrogen (secondary N) is 2. The van der Waals surface area contributed by atoms with E-state index in [2.05, 4.69) is 72.8 Å². The molecule has 0 spiro atoms. The van der Waals surface area contributed by atoms with Crippen LogP contribution in [0.1, 0.15) is 25.3 Å². The lowest BCUT2D eigenvalue weighted by atomic mass is 10.0. The number of benzene rings is 2. The summed E-state index contributed by atoms with van der Waals surface area (Å²) in [5.74, 6) is 1.61. The largest absolute Gasteiger partial charge is 0.494 e. The van der Waals surface area contributed by atoms with Gasteiger partial charge in [-0.25, -0.2) is 9.97 Å². The average Bonchev–Trinajstić information content (AvgIpc) is 2.97. The molecule has 0 amide bonds. The third-order valence-electron chi connectivity index (χ3n) is 7.02. The van der Waals surface area contributed by atoms with Gasteiger partial charge in [0.2, 0.25) is 11.9 Å². The standard InChI is InChI=1S/C28H35N8O2P/c1-6-18-15-22(24(38-3)16-23(18)36-13-9-19(37-2)10-14-36)34-28-32-17-31-27(35-28)33-21-8-7-20-25(26(21)39(4)5)30-12-11-29-20/h7-8,11-12,15-17,19H,6,9-10,13-14H2,1-5H3,(H2,31,32,33,34,35). The minimum Gasteiger partial charge on any atom is -0.494 e. The number of hydrogen-bond acceptors (Lipinski definition) is 10. The van der Waals surface area contributed by atoms with Gasteiger partial charge in [0.25, 0.3) is 0 Å². The van der Waals surface area contributed by atoms with Gasteiger partial charge >= 0.3 is 0 Å². The van der Waals surface area contributed by atoms with E-state index in [9.17, 15) is 0 Å². The number of ether oxygens (including phenoxy) is 2. The summed E-state index contributed by atoms with van der Waals surface area (Å²) < 4.78 is 11.3. The Morgan fingerprint density at radius 1 is 0.949 bits per heavy atom. The zero-order chi connectivity index (χ0) is 27.4. The molecule has 1 aliphatic rings. The van der Waals surface area contributed by atoms with Crippen LogP contribution in [-0.4, -0.2) is 71.7 Å². The van der Waals surface area contributed by atoms with Crippen molar-refractivity contribution in [1.82, 2.24) is 24.9 Å². The molecule has 2 N–H and O–H groups in total. The van der Waals surface area contributed by atoms with Gasteiger partial charge in [-0.15, -0.1) is 0 Å². The summed E-state index contributed by atoms with van der Waals surface area (Å²) in [5.41, 5.74) is 5.95. The highest BCUT2D eigenvalue weighted by Crippen LogP contribution is 2.37. The molecule has 2 aromatic carbocycles. The second-order valence-electron chi connectivity index (χ2n) is 9.62. The molecule has 0 atom stereocenters. The van der Waals surface area contributed by atoms with Crippen molar-refractivity contribution in [2.75, 3.05) is 56.2 Å².